The number of carboxylic acids is 1. The number of benzene rings is 1. The minimum absolute atomic E-state index is 0.00787. The number of thioether (sulfide) groups is 1. The summed E-state index contributed by atoms with van der Waals surface area (Å²) in [5.74, 6) is -0.635. The summed E-state index contributed by atoms with van der Waals surface area (Å²) in [6.45, 7) is 1.97. The van der Waals surface area contributed by atoms with Gasteiger partial charge < -0.3 is 10.0 Å². The molecular weight excluding hydrogens is 253 g/mol. The molecule has 0 aromatic heterocycles. The van der Waals surface area contributed by atoms with Crippen LogP contribution in [0.3, 0.4) is 0 Å². The molecule has 3 nitrogen and oxygen atoms in total. The van der Waals surface area contributed by atoms with Gasteiger partial charge >= 0.3 is 5.97 Å². The van der Waals surface area contributed by atoms with Gasteiger partial charge in [0.15, 0.2) is 0 Å². The van der Waals surface area contributed by atoms with Crippen molar-refractivity contribution in [3.63, 3.8) is 0 Å². The molecule has 18 heavy (non-hydrogen) atoms. The smallest absolute Gasteiger partial charge is 0.337 e. The lowest BCUT2D eigenvalue weighted by Gasteiger charge is -2.28. The fraction of sp³-hybridized carbons (Fsp3) is 0.462. The van der Waals surface area contributed by atoms with Gasteiger partial charge in [0.1, 0.15) is 5.82 Å². The number of para-hydroxylation sites is 1. The third kappa shape index (κ3) is 3.38. The highest BCUT2D eigenvalue weighted by Crippen LogP contribution is 2.26. The van der Waals surface area contributed by atoms with Gasteiger partial charge in [0, 0.05) is 13.1 Å². The first-order valence-electron chi connectivity index (χ1n) is 5.72. The third-order valence-electron chi connectivity index (χ3n) is 2.97. The molecule has 1 unspecified atom stereocenters. The zero-order chi connectivity index (χ0) is 13.7. The van der Waals surface area contributed by atoms with Gasteiger partial charge in [-0.05, 0) is 37.5 Å². The van der Waals surface area contributed by atoms with E-state index in [1.807, 2.05) is 13.2 Å². The Kier molecular flexibility index (Phi) is 5.47. The molecule has 1 rings (SSSR count). The van der Waals surface area contributed by atoms with Crippen LogP contribution in [0.5, 0.6) is 0 Å². The van der Waals surface area contributed by atoms with Crippen molar-refractivity contribution in [1.29, 1.82) is 0 Å². The van der Waals surface area contributed by atoms with Gasteiger partial charge in [-0.3, -0.25) is 0 Å². The highest BCUT2D eigenvalue weighted by atomic mass is 32.2. The van der Waals surface area contributed by atoms with Gasteiger partial charge in [0.25, 0.3) is 0 Å². The molecule has 0 bridgehead atoms. The second-order valence-electron chi connectivity index (χ2n) is 4.18. The van der Waals surface area contributed by atoms with Crippen molar-refractivity contribution in [2.45, 2.75) is 19.4 Å². The van der Waals surface area contributed by atoms with Crippen molar-refractivity contribution in [3.8, 4) is 0 Å². The van der Waals surface area contributed by atoms with E-state index < -0.39 is 11.8 Å². The largest absolute Gasteiger partial charge is 0.478 e. The van der Waals surface area contributed by atoms with Crippen LogP contribution >= 0.6 is 11.8 Å². The van der Waals surface area contributed by atoms with Crippen LogP contribution in [0.4, 0.5) is 10.1 Å². The van der Waals surface area contributed by atoms with Crippen LogP contribution < -0.4 is 4.90 Å². The quantitative estimate of drug-likeness (QED) is 0.863. The fourth-order valence-corrected chi connectivity index (χ4v) is 2.33. The minimum Gasteiger partial charge on any atom is -0.478 e. The van der Waals surface area contributed by atoms with Crippen LogP contribution in [0.2, 0.25) is 0 Å². The van der Waals surface area contributed by atoms with E-state index in [2.05, 4.69) is 0 Å². The van der Waals surface area contributed by atoms with Crippen LogP contribution in [-0.2, 0) is 0 Å². The van der Waals surface area contributed by atoms with Crippen molar-refractivity contribution < 1.29 is 14.3 Å². The van der Waals surface area contributed by atoms with Gasteiger partial charge in [-0.2, -0.15) is 11.8 Å². The zero-order valence-electron chi connectivity index (χ0n) is 10.8. The van der Waals surface area contributed by atoms with Crippen LogP contribution in [0.25, 0.3) is 0 Å². The topological polar surface area (TPSA) is 40.5 Å². The van der Waals surface area contributed by atoms with E-state index in [1.165, 1.54) is 18.2 Å². The van der Waals surface area contributed by atoms with E-state index in [-0.39, 0.29) is 17.3 Å². The van der Waals surface area contributed by atoms with Crippen molar-refractivity contribution in [2.75, 3.05) is 24.0 Å². The van der Waals surface area contributed by atoms with Crippen LogP contribution in [0.1, 0.15) is 23.7 Å². The molecule has 1 atom stereocenters. The van der Waals surface area contributed by atoms with E-state index in [4.69, 9.17) is 5.11 Å². The number of halogens is 1. The summed E-state index contributed by atoms with van der Waals surface area (Å²) in [6, 6.07) is 4.23. The van der Waals surface area contributed by atoms with Crippen molar-refractivity contribution in [1.82, 2.24) is 0 Å². The first-order chi connectivity index (χ1) is 8.49. The third-order valence-corrected chi connectivity index (χ3v) is 3.61. The number of aromatic carboxylic acids is 1. The number of hydrogen-bond donors (Lipinski definition) is 1. The molecule has 0 aliphatic carbocycles. The molecule has 1 N–H and O–H groups in total. The summed E-state index contributed by atoms with van der Waals surface area (Å²) < 4.78 is 13.8. The maximum absolute atomic E-state index is 13.8. The van der Waals surface area contributed by atoms with Crippen LogP contribution in [-0.4, -0.2) is 36.2 Å². The Morgan fingerprint density at radius 2 is 2.22 bits per heavy atom. The average molecular weight is 271 g/mol. The van der Waals surface area contributed by atoms with Gasteiger partial charge in [-0.25, -0.2) is 9.18 Å². The molecule has 0 aliphatic rings. The first kappa shape index (κ1) is 14.8. The molecule has 1 aromatic carbocycles. The Hall–Kier alpha value is -1.23. The molecule has 100 valence electrons. The Bertz CT molecular complexity index is 425. The average Bonchev–Trinajstić information content (AvgIpc) is 2.34. The maximum Gasteiger partial charge on any atom is 0.337 e. The minimum atomic E-state index is -1.10. The molecule has 0 amide bonds. The second kappa shape index (κ2) is 6.64. The first-order valence-corrected chi connectivity index (χ1v) is 7.12. The lowest BCUT2D eigenvalue weighted by Crippen LogP contribution is -2.31. The number of anilines is 1. The van der Waals surface area contributed by atoms with Crippen LogP contribution in [0.15, 0.2) is 18.2 Å². The SMILES string of the molecule is CSCCC(C)N(C)c1c(F)cccc1C(=O)O. The monoisotopic (exact) mass is 271 g/mol. The summed E-state index contributed by atoms with van der Waals surface area (Å²) in [5, 5.41) is 9.10. The molecule has 0 saturated heterocycles. The van der Waals surface area contributed by atoms with E-state index in [1.54, 1.807) is 23.7 Å². The second-order valence-corrected chi connectivity index (χ2v) is 5.17. The predicted molar refractivity (Wildman–Crippen MR) is 74.2 cm³/mol. The summed E-state index contributed by atoms with van der Waals surface area (Å²) in [5.41, 5.74) is 0.173. The predicted octanol–water partition coefficient (Wildman–Crippen LogP) is 3.10. The number of carboxylic acid groups (broad SMARTS) is 1. The molecule has 0 spiro atoms. The Balaban J connectivity index is 3.03. The summed E-state index contributed by atoms with van der Waals surface area (Å²) in [6.07, 6.45) is 2.89. The Labute approximate surface area is 111 Å². The van der Waals surface area contributed by atoms with Crippen molar-refractivity contribution >= 4 is 23.4 Å². The van der Waals surface area contributed by atoms with Crippen molar-refractivity contribution in [3.05, 3.63) is 29.6 Å². The number of nitrogens with zero attached hydrogens (tertiary/aromatic N) is 1. The van der Waals surface area contributed by atoms with Gasteiger partial charge in [-0.15, -0.1) is 0 Å². The van der Waals surface area contributed by atoms with Crippen molar-refractivity contribution in [2.24, 2.45) is 0 Å². The number of hydrogen-bond acceptors (Lipinski definition) is 3. The number of carbonyl (C=O) groups is 1. The fourth-order valence-electron chi connectivity index (χ4n) is 1.75. The van der Waals surface area contributed by atoms with Gasteiger partial charge in [0.2, 0.25) is 0 Å². The molecule has 0 radical (unpaired) electrons. The highest BCUT2D eigenvalue weighted by molar-refractivity contribution is 7.98. The molecule has 5 heteroatoms. The van der Waals surface area contributed by atoms with E-state index in [9.17, 15) is 9.18 Å². The zero-order valence-corrected chi connectivity index (χ0v) is 11.6. The standard InChI is InChI=1S/C13H18FNO2S/c1-9(7-8-18-3)15(2)12-10(13(16)17)5-4-6-11(12)14/h4-6,9H,7-8H2,1-3H3,(H,16,17). The van der Waals surface area contributed by atoms with E-state index >= 15 is 0 Å². The Morgan fingerprint density at radius 3 is 2.78 bits per heavy atom. The lowest BCUT2D eigenvalue weighted by atomic mass is 10.1. The summed E-state index contributed by atoms with van der Waals surface area (Å²) >= 11 is 1.72. The summed E-state index contributed by atoms with van der Waals surface area (Å²) in [4.78, 5) is 12.8. The molecule has 0 aliphatic heterocycles. The molecule has 1 aromatic rings. The van der Waals surface area contributed by atoms with E-state index in [0.29, 0.717) is 0 Å². The molecule has 0 heterocycles. The highest BCUT2D eigenvalue weighted by Gasteiger charge is 2.20. The number of rotatable bonds is 6. The maximum atomic E-state index is 13.8. The Morgan fingerprint density at radius 1 is 1.56 bits per heavy atom. The van der Waals surface area contributed by atoms with E-state index in [0.717, 1.165) is 12.2 Å². The normalized spacial score (nSPS) is 12.2. The lowest BCUT2D eigenvalue weighted by molar-refractivity contribution is 0.0697. The molecule has 0 saturated carbocycles. The van der Waals surface area contributed by atoms with Crippen LogP contribution in [0, 0.1) is 5.82 Å². The van der Waals surface area contributed by atoms with Gasteiger partial charge in [-0.1, -0.05) is 6.07 Å². The molecule has 0 fully saturated rings. The summed E-state index contributed by atoms with van der Waals surface area (Å²) in [7, 11) is 1.73. The van der Waals surface area contributed by atoms with Gasteiger partial charge in [0.05, 0.1) is 11.3 Å². The molecular formula is C13H18FNO2S.